The molecule has 1 aromatic heterocycles. The number of hydrogen-bond acceptors (Lipinski definition) is 5. The molecule has 2 aromatic rings. The Kier molecular flexibility index (Phi) is 4.34. The normalized spacial score (nSPS) is 12.1. The maximum absolute atomic E-state index is 11.1. The van der Waals surface area contributed by atoms with Crippen molar-refractivity contribution in [2.24, 2.45) is 0 Å². The Morgan fingerprint density at radius 3 is 2.65 bits per heavy atom. The summed E-state index contributed by atoms with van der Waals surface area (Å²) in [4.78, 5) is 11.1. The zero-order valence-corrected chi connectivity index (χ0v) is 10.5. The maximum atomic E-state index is 11.1. The first-order valence-electron chi connectivity index (χ1n) is 5.92. The minimum Gasteiger partial charge on any atom is -0.487 e. The molecule has 1 aromatic carbocycles. The number of aromatic nitrogens is 2. The summed E-state index contributed by atoms with van der Waals surface area (Å²) < 4.78 is 6.56. The Morgan fingerprint density at radius 1 is 1.35 bits per heavy atom. The SMILES string of the molecule is O=C(O)c1nn(-c2ccccc2)cc1OCC(O)CO. The van der Waals surface area contributed by atoms with Gasteiger partial charge in [-0.15, -0.1) is 0 Å². The van der Waals surface area contributed by atoms with Gasteiger partial charge < -0.3 is 20.1 Å². The van der Waals surface area contributed by atoms with Gasteiger partial charge >= 0.3 is 5.97 Å². The number of para-hydroxylation sites is 1. The fourth-order valence-electron chi connectivity index (χ4n) is 1.56. The number of aromatic carboxylic acids is 1. The lowest BCUT2D eigenvalue weighted by atomic mass is 10.3. The summed E-state index contributed by atoms with van der Waals surface area (Å²) >= 11 is 0. The predicted molar refractivity (Wildman–Crippen MR) is 69.1 cm³/mol. The van der Waals surface area contributed by atoms with Crippen molar-refractivity contribution >= 4 is 5.97 Å². The summed E-state index contributed by atoms with van der Waals surface area (Å²) in [6, 6.07) is 8.97. The van der Waals surface area contributed by atoms with Crippen molar-refractivity contribution in [1.82, 2.24) is 9.78 Å². The summed E-state index contributed by atoms with van der Waals surface area (Å²) in [7, 11) is 0. The third kappa shape index (κ3) is 3.14. The number of carbonyl (C=O) groups is 1. The molecule has 0 saturated heterocycles. The van der Waals surface area contributed by atoms with Crippen LogP contribution in [-0.2, 0) is 0 Å². The van der Waals surface area contributed by atoms with Gasteiger partial charge in [-0.05, 0) is 12.1 Å². The van der Waals surface area contributed by atoms with Crippen molar-refractivity contribution in [3.63, 3.8) is 0 Å². The molecular formula is C13H14N2O5. The Morgan fingerprint density at radius 2 is 2.05 bits per heavy atom. The van der Waals surface area contributed by atoms with Crippen molar-refractivity contribution in [3.8, 4) is 11.4 Å². The predicted octanol–water partition coefficient (Wildman–Crippen LogP) is 0.302. The minimum absolute atomic E-state index is 0.0360. The van der Waals surface area contributed by atoms with Gasteiger partial charge in [-0.25, -0.2) is 9.48 Å². The summed E-state index contributed by atoms with van der Waals surface area (Å²) in [5, 5.41) is 30.9. The van der Waals surface area contributed by atoms with Crippen LogP contribution < -0.4 is 4.74 Å². The molecule has 7 nitrogen and oxygen atoms in total. The number of carboxylic acids is 1. The molecule has 0 aliphatic carbocycles. The van der Waals surface area contributed by atoms with Gasteiger partial charge in [0.15, 0.2) is 5.75 Å². The van der Waals surface area contributed by atoms with E-state index in [1.807, 2.05) is 6.07 Å². The van der Waals surface area contributed by atoms with Gasteiger partial charge in [-0.2, -0.15) is 5.10 Å². The van der Waals surface area contributed by atoms with Crippen LogP contribution in [0.15, 0.2) is 36.5 Å². The Balaban J connectivity index is 2.27. The van der Waals surface area contributed by atoms with E-state index >= 15 is 0 Å². The van der Waals surface area contributed by atoms with Gasteiger partial charge in [0.1, 0.15) is 12.7 Å². The standard InChI is InChI=1S/C13H14N2O5/c16-7-10(17)8-20-11-6-15(14-12(11)13(18)19)9-4-2-1-3-5-9/h1-6,10,16-17H,7-8H2,(H,18,19). The molecule has 2 rings (SSSR count). The number of benzene rings is 1. The number of ether oxygens (including phenoxy) is 1. The first-order valence-corrected chi connectivity index (χ1v) is 5.92. The van der Waals surface area contributed by atoms with Crippen LogP contribution in [-0.4, -0.2) is 50.4 Å². The van der Waals surface area contributed by atoms with Crippen molar-refractivity contribution in [2.75, 3.05) is 13.2 Å². The molecule has 0 radical (unpaired) electrons. The van der Waals surface area contributed by atoms with Crippen LogP contribution in [0, 0.1) is 0 Å². The topological polar surface area (TPSA) is 105 Å². The number of rotatable bonds is 6. The fourth-order valence-corrected chi connectivity index (χ4v) is 1.56. The summed E-state index contributed by atoms with van der Waals surface area (Å²) in [6.07, 6.45) is 0.347. The lowest BCUT2D eigenvalue weighted by Gasteiger charge is -2.08. The van der Waals surface area contributed by atoms with Gasteiger partial charge in [0, 0.05) is 0 Å². The second-order valence-electron chi connectivity index (χ2n) is 4.07. The van der Waals surface area contributed by atoms with Gasteiger partial charge in [0.25, 0.3) is 0 Å². The van der Waals surface area contributed by atoms with Crippen LogP contribution in [0.4, 0.5) is 0 Å². The number of nitrogens with zero attached hydrogens (tertiary/aromatic N) is 2. The van der Waals surface area contributed by atoms with Crippen molar-refractivity contribution in [1.29, 1.82) is 0 Å². The Labute approximate surface area is 114 Å². The highest BCUT2D eigenvalue weighted by molar-refractivity contribution is 5.88. The van der Waals surface area contributed by atoms with E-state index in [-0.39, 0.29) is 18.1 Å². The van der Waals surface area contributed by atoms with E-state index < -0.39 is 18.7 Å². The van der Waals surface area contributed by atoms with Crippen molar-refractivity contribution in [2.45, 2.75) is 6.10 Å². The smallest absolute Gasteiger partial charge is 0.360 e. The summed E-state index contributed by atoms with van der Waals surface area (Å²) in [5.41, 5.74) is 0.437. The molecule has 1 atom stereocenters. The zero-order chi connectivity index (χ0) is 14.5. The molecule has 0 amide bonds. The minimum atomic E-state index is -1.23. The largest absolute Gasteiger partial charge is 0.487 e. The van der Waals surface area contributed by atoms with Crippen LogP contribution in [0.2, 0.25) is 0 Å². The molecule has 0 saturated carbocycles. The summed E-state index contributed by atoms with van der Waals surface area (Å²) in [6.45, 7) is -0.674. The van der Waals surface area contributed by atoms with E-state index in [1.165, 1.54) is 10.9 Å². The number of hydrogen-bond donors (Lipinski definition) is 3. The van der Waals surface area contributed by atoms with Gasteiger partial charge in [-0.1, -0.05) is 18.2 Å². The molecule has 3 N–H and O–H groups in total. The highest BCUT2D eigenvalue weighted by Gasteiger charge is 2.18. The number of aliphatic hydroxyl groups excluding tert-OH is 2. The molecule has 0 fully saturated rings. The van der Waals surface area contributed by atoms with E-state index in [2.05, 4.69) is 5.10 Å². The van der Waals surface area contributed by atoms with Gasteiger partial charge in [-0.3, -0.25) is 0 Å². The molecule has 0 aliphatic heterocycles. The highest BCUT2D eigenvalue weighted by atomic mass is 16.5. The Hall–Kier alpha value is -2.38. The lowest BCUT2D eigenvalue weighted by Crippen LogP contribution is -2.21. The third-order valence-electron chi connectivity index (χ3n) is 2.55. The molecule has 0 aliphatic rings. The molecule has 20 heavy (non-hydrogen) atoms. The van der Waals surface area contributed by atoms with Gasteiger partial charge in [0.05, 0.1) is 18.5 Å². The lowest BCUT2D eigenvalue weighted by molar-refractivity contribution is 0.0519. The molecule has 1 unspecified atom stereocenters. The van der Waals surface area contributed by atoms with Crippen LogP contribution in [0.5, 0.6) is 5.75 Å². The van der Waals surface area contributed by atoms with E-state index in [0.29, 0.717) is 5.69 Å². The molecule has 7 heteroatoms. The van der Waals surface area contributed by atoms with E-state index in [1.54, 1.807) is 24.3 Å². The van der Waals surface area contributed by atoms with Gasteiger partial charge in [0.2, 0.25) is 5.69 Å². The van der Waals surface area contributed by atoms with Crippen molar-refractivity contribution in [3.05, 3.63) is 42.2 Å². The number of carboxylic acid groups (broad SMARTS) is 1. The van der Waals surface area contributed by atoms with Crippen LogP contribution in [0.3, 0.4) is 0 Å². The first kappa shape index (κ1) is 14.0. The van der Waals surface area contributed by atoms with Crippen molar-refractivity contribution < 1.29 is 24.9 Å². The molecule has 0 bridgehead atoms. The second-order valence-corrected chi connectivity index (χ2v) is 4.07. The highest BCUT2D eigenvalue weighted by Crippen LogP contribution is 2.20. The monoisotopic (exact) mass is 278 g/mol. The second kappa shape index (κ2) is 6.18. The average Bonchev–Trinajstić information content (AvgIpc) is 2.90. The van der Waals surface area contributed by atoms with Crippen LogP contribution >= 0.6 is 0 Å². The molecular weight excluding hydrogens is 264 g/mol. The average molecular weight is 278 g/mol. The third-order valence-corrected chi connectivity index (χ3v) is 2.55. The fraction of sp³-hybridized carbons (Fsp3) is 0.231. The Bertz CT molecular complexity index is 582. The molecule has 0 spiro atoms. The van der Waals surface area contributed by atoms with Crippen LogP contribution in [0.25, 0.3) is 5.69 Å². The summed E-state index contributed by atoms with van der Waals surface area (Å²) in [5.74, 6) is -1.19. The number of aliphatic hydroxyl groups is 2. The zero-order valence-electron chi connectivity index (χ0n) is 10.5. The van der Waals surface area contributed by atoms with E-state index in [4.69, 9.17) is 14.9 Å². The molecule has 1 heterocycles. The maximum Gasteiger partial charge on any atom is 0.360 e. The quantitative estimate of drug-likeness (QED) is 0.702. The van der Waals surface area contributed by atoms with E-state index in [0.717, 1.165) is 0 Å². The van der Waals surface area contributed by atoms with E-state index in [9.17, 15) is 9.90 Å². The van der Waals surface area contributed by atoms with Crippen LogP contribution in [0.1, 0.15) is 10.5 Å². The molecule has 106 valence electrons. The first-order chi connectivity index (χ1) is 9.61.